The molecule has 2 aromatic carbocycles. The highest BCUT2D eigenvalue weighted by Gasteiger charge is 2.38. The minimum Gasteiger partial charge on any atom is -0.462 e. The summed E-state index contributed by atoms with van der Waals surface area (Å²) in [5.74, 6) is -0.580. The van der Waals surface area contributed by atoms with E-state index in [9.17, 15) is 26.4 Å². The molecule has 0 saturated heterocycles. The molecule has 3 rings (SSSR count). The first-order chi connectivity index (χ1) is 14.0. The Balaban J connectivity index is 2.11. The van der Waals surface area contributed by atoms with Crippen molar-refractivity contribution in [2.24, 2.45) is 0 Å². The highest BCUT2D eigenvalue weighted by atomic mass is 32.2. The number of aromatic nitrogens is 2. The molecule has 0 radical (unpaired) electrons. The van der Waals surface area contributed by atoms with Crippen LogP contribution < -0.4 is 0 Å². The number of esters is 1. The molecule has 0 bridgehead atoms. The number of alkyl halides is 3. The van der Waals surface area contributed by atoms with Gasteiger partial charge in [0.05, 0.1) is 17.1 Å². The fourth-order valence-electron chi connectivity index (χ4n) is 2.88. The molecule has 0 amide bonds. The molecule has 0 saturated carbocycles. The third-order valence-corrected chi connectivity index (χ3v) is 5.42. The van der Waals surface area contributed by atoms with E-state index in [0.29, 0.717) is 5.56 Å². The number of nitrogens with zero attached hydrogens (tertiary/aromatic N) is 1. The smallest absolute Gasteiger partial charge is 0.433 e. The lowest BCUT2D eigenvalue weighted by atomic mass is 9.97. The number of H-pyrrole nitrogens is 1. The van der Waals surface area contributed by atoms with Gasteiger partial charge in [0.25, 0.3) is 0 Å². The lowest BCUT2D eigenvalue weighted by molar-refractivity contribution is -0.140. The number of hydrogen-bond acceptors (Lipinski definition) is 5. The Morgan fingerprint density at radius 2 is 1.60 bits per heavy atom. The van der Waals surface area contributed by atoms with Crippen molar-refractivity contribution >= 4 is 15.8 Å². The lowest BCUT2D eigenvalue weighted by Crippen LogP contribution is -2.08. The summed E-state index contributed by atoms with van der Waals surface area (Å²) in [5.41, 5.74) is -0.550. The maximum atomic E-state index is 13.6. The monoisotopic (exact) mass is 438 g/mol. The van der Waals surface area contributed by atoms with Gasteiger partial charge in [-0.3, -0.25) is 5.10 Å². The Kier molecular flexibility index (Phi) is 5.71. The predicted molar refractivity (Wildman–Crippen MR) is 104 cm³/mol. The molecule has 0 atom stereocenters. The largest absolute Gasteiger partial charge is 0.462 e. The van der Waals surface area contributed by atoms with Crippen molar-refractivity contribution in [3.8, 4) is 22.4 Å². The maximum Gasteiger partial charge on any atom is 0.433 e. The average Bonchev–Trinajstić information content (AvgIpc) is 3.13. The van der Waals surface area contributed by atoms with Gasteiger partial charge in [-0.25, -0.2) is 13.2 Å². The van der Waals surface area contributed by atoms with Crippen molar-refractivity contribution in [1.82, 2.24) is 10.2 Å². The molecule has 1 aromatic heterocycles. The molecule has 1 N–H and O–H groups in total. The van der Waals surface area contributed by atoms with Crippen LogP contribution in [0.1, 0.15) is 23.0 Å². The summed E-state index contributed by atoms with van der Waals surface area (Å²) in [5, 5.41) is 5.85. The van der Waals surface area contributed by atoms with Crippen LogP contribution in [0.15, 0.2) is 53.4 Å². The zero-order chi connectivity index (χ0) is 22.1. The molecule has 3 aromatic rings. The number of ether oxygens (including phenoxy) is 1. The van der Waals surface area contributed by atoms with Gasteiger partial charge in [-0.05, 0) is 36.8 Å². The van der Waals surface area contributed by atoms with E-state index >= 15 is 0 Å². The van der Waals surface area contributed by atoms with Crippen LogP contribution in [0.25, 0.3) is 22.4 Å². The third-order valence-electron chi connectivity index (χ3n) is 4.29. The molecule has 1 heterocycles. The molecule has 0 spiro atoms. The third kappa shape index (κ3) is 4.38. The van der Waals surface area contributed by atoms with E-state index in [-0.39, 0.29) is 33.9 Å². The standard InChI is InChI=1S/C20H17F3N2O4S/c1-3-29-19(26)14-6-4-12(5-7-14)16-17(24-25-18(16)20(21,22)23)13-8-10-15(11-9-13)30(2,27)28/h4-11H,3H2,1-2H3,(H,24,25). The molecule has 158 valence electrons. The molecule has 0 fully saturated rings. The molecule has 30 heavy (non-hydrogen) atoms. The van der Waals surface area contributed by atoms with Gasteiger partial charge in [0.2, 0.25) is 0 Å². The molecular formula is C20H17F3N2O4S. The van der Waals surface area contributed by atoms with Crippen molar-refractivity contribution in [2.45, 2.75) is 18.0 Å². The Morgan fingerprint density at radius 1 is 1.03 bits per heavy atom. The van der Waals surface area contributed by atoms with Gasteiger partial charge in [0, 0.05) is 17.4 Å². The summed E-state index contributed by atoms with van der Waals surface area (Å²) in [4.78, 5) is 11.8. The zero-order valence-electron chi connectivity index (χ0n) is 15.9. The van der Waals surface area contributed by atoms with Gasteiger partial charge in [0.15, 0.2) is 9.84 Å². The van der Waals surface area contributed by atoms with Crippen molar-refractivity contribution in [3.05, 3.63) is 59.8 Å². The molecular weight excluding hydrogens is 421 g/mol. The first-order valence-electron chi connectivity index (χ1n) is 8.76. The van der Waals surface area contributed by atoms with E-state index in [0.717, 1.165) is 6.26 Å². The van der Waals surface area contributed by atoms with Crippen LogP contribution >= 0.6 is 0 Å². The highest BCUT2D eigenvalue weighted by molar-refractivity contribution is 7.90. The number of aromatic amines is 1. The van der Waals surface area contributed by atoms with E-state index in [1.807, 2.05) is 5.10 Å². The Labute approximate surface area is 170 Å². The lowest BCUT2D eigenvalue weighted by Gasteiger charge is -2.10. The second-order valence-electron chi connectivity index (χ2n) is 6.41. The number of halogens is 3. The van der Waals surface area contributed by atoms with Crippen LogP contribution in [-0.4, -0.2) is 37.4 Å². The van der Waals surface area contributed by atoms with E-state index in [4.69, 9.17) is 4.74 Å². The number of sulfone groups is 1. The Morgan fingerprint density at radius 3 is 2.10 bits per heavy atom. The summed E-state index contributed by atoms with van der Waals surface area (Å²) in [6.07, 6.45) is -3.66. The SMILES string of the molecule is CCOC(=O)c1ccc(-c2c(-c3ccc(S(C)(=O)=O)cc3)n[nH]c2C(F)(F)F)cc1. The molecule has 6 nitrogen and oxygen atoms in total. The van der Waals surface area contributed by atoms with Gasteiger partial charge in [-0.15, -0.1) is 0 Å². The number of carbonyl (C=O) groups is 1. The van der Waals surface area contributed by atoms with Gasteiger partial charge in [-0.2, -0.15) is 18.3 Å². The number of rotatable bonds is 5. The topological polar surface area (TPSA) is 89.1 Å². The second-order valence-corrected chi connectivity index (χ2v) is 8.43. The van der Waals surface area contributed by atoms with E-state index < -0.39 is 27.7 Å². The van der Waals surface area contributed by atoms with Gasteiger partial charge < -0.3 is 4.74 Å². The number of benzene rings is 2. The van der Waals surface area contributed by atoms with E-state index in [1.54, 1.807) is 6.92 Å². The minimum atomic E-state index is -4.70. The zero-order valence-corrected chi connectivity index (χ0v) is 16.8. The van der Waals surface area contributed by atoms with Gasteiger partial charge >= 0.3 is 12.1 Å². The Bertz CT molecular complexity index is 1170. The van der Waals surface area contributed by atoms with Crippen LogP contribution in [-0.2, 0) is 20.8 Å². The van der Waals surface area contributed by atoms with Gasteiger partial charge in [0.1, 0.15) is 11.4 Å². The van der Waals surface area contributed by atoms with Crippen LogP contribution in [0.5, 0.6) is 0 Å². The number of nitrogens with one attached hydrogen (secondary N) is 1. The van der Waals surface area contributed by atoms with Gasteiger partial charge in [-0.1, -0.05) is 24.3 Å². The molecule has 0 aliphatic rings. The minimum absolute atomic E-state index is 0.00580. The van der Waals surface area contributed by atoms with Crippen molar-refractivity contribution in [1.29, 1.82) is 0 Å². The van der Waals surface area contributed by atoms with E-state index in [1.165, 1.54) is 48.5 Å². The van der Waals surface area contributed by atoms with Crippen molar-refractivity contribution < 1.29 is 31.1 Å². The van der Waals surface area contributed by atoms with Crippen LogP contribution in [0.2, 0.25) is 0 Å². The summed E-state index contributed by atoms with van der Waals surface area (Å²) >= 11 is 0. The van der Waals surface area contributed by atoms with Crippen LogP contribution in [0.3, 0.4) is 0 Å². The summed E-state index contributed by atoms with van der Waals surface area (Å²) in [7, 11) is -3.45. The summed E-state index contributed by atoms with van der Waals surface area (Å²) < 4.78 is 68.8. The highest BCUT2D eigenvalue weighted by Crippen LogP contribution is 2.41. The molecule has 0 aliphatic heterocycles. The second kappa shape index (κ2) is 7.94. The number of carbonyl (C=O) groups excluding carboxylic acids is 1. The maximum absolute atomic E-state index is 13.6. The normalized spacial score (nSPS) is 12.0. The predicted octanol–water partition coefficient (Wildman–Crippen LogP) is 4.34. The first kappa shape index (κ1) is 21.6. The fourth-order valence-corrected chi connectivity index (χ4v) is 3.51. The average molecular weight is 438 g/mol. The number of hydrogen-bond donors (Lipinski definition) is 1. The van der Waals surface area contributed by atoms with Crippen LogP contribution in [0.4, 0.5) is 13.2 Å². The van der Waals surface area contributed by atoms with Crippen LogP contribution in [0, 0.1) is 0 Å². The van der Waals surface area contributed by atoms with Crippen molar-refractivity contribution in [2.75, 3.05) is 12.9 Å². The first-order valence-corrected chi connectivity index (χ1v) is 10.6. The van der Waals surface area contributed by atoms with Crippen molar-refractivity contribution in [3.63, 3.8) is 0 Å². The Hall–Kier alpha value is -3.14. The quantitative estimate of drug-likeness (QED) is 0.599. The molecule has 10 heteroatoms. The van der Waals surface area contributed by atoms with E-state index in [2.05, 4.69) is 5.10 Å². The molecule has 0 aliphatic carbocycles. The molecule has 0 unspecified atom stereocenters. The fraction of sp³-hybridized carbons (Fsp3) is 0.200. The summed E-state index contributed by atoms with van der Waals surface area (Å²) in [6.45, 7) is 1.82. The summed E-state index contributed by atoms with van der Waals surface area (Å²) in [6, 6.07) is 10.9.